The Labute approximate surface area is 99.6 Å². The molecule has 1 aromatic carbocycles. The summed E-state index contributed by atoms with van der Waals surface area (Å²) in [6.45, 7) is 0.369. The molecule has 0 bridgehead atoms. The van der Waals surface area contributed by atoms with Crippen LogP contribution in [0.15, 0.2) is 48.1 Å². The first-order valence-electron chi connectivity index (χ1n) is 5.69. The summed E-state index contributed by atoms with van der Waals surface area (Å²) in [4.78, 5) is 0. The van der Waals surface area contributed by atoms with Gasteiger partial charge in [-0.1, -0.05) is 42.5 Å². The quantitative estimate of drug-likeness (QED) is 0.852. The second-order valence-electron chi connectivity index (χ2n) is 4.11. The molecule has 0 saturated carbocycles. The molecule has 17 heavy (non-hydrogen) atoms. The van der Waals surface area contributed by atoms with E-state index in [0.29, 0.717) is 13.0 Å². The summed E-state index contributed by atoms with van der Waals surface area (Å²) in [5.41, 5.74) is 6.41. The summed E-state index contributed by atoms with van der Waals surface area (Å²) in [7, 11) is 0. The zero-order chi connectivity index (χ0) is 12.3. The van der Waals surface area contributed by atoms with E-state index in [2.05, 4.69) is 0 Å². The van der Waals surface area contributed by atoms with Gasteiger partial charge in [0.05, 0.1) is 0 Å². The van der Waals surface area contributed by atoms with Crippen LogP contribution in [-0.2, 0) is 12.5 Å². The molecule has 0 aliphatic heterocycles. The molecule has 0 aromatic heterocycles. The molecule has 2 N–H and O–H groups in total. The van der Waals surface area contributed by atoms with E-state index >= 15 is 0 Å². The van der Waals surface area contributed by atoms with Gasteiger partial charge in [-0.2, -0.15) is 8.78 Å². The molecule has 0 atom stereocenters. The molecule has 0 spiro atoms. The molecule has 1 aliphatic rings. The maximum Gasteiger partial charge on any atom is 0.298 e. The monoisotopic (exact) mass is 235 g/mol. The van der Waals surface area contributed by atoms with Crippen LogP contribution in [0.5, 0.6) is 0 Å². The number of nitrogens with two attached hydrogens (primary N) is 1. The summed E-state index contributed by atoms with van der Waals surface area (Å²) in [5.74, 6) is -2.91. The van der Waals surface area contributed by atoms with Crippen molar-refractivity contribution in [3.8, 4) is 0 Å². The molecule has 0 heterocycles. The standard InChI is InChI=1S/C14H15F2N/c15-14(16,12-4-2-1-3-5-12)13-8-6-11(10-17)7-9-13/h2,4-9H,1,3,10,17H2. The Morgan fingerprint density at radius 1 is 1.12 bits per heavy atom. The number of alkyl halides is 2. The Hall–Kier alpha value is -1.48. The predicted octanol–water partition coefficient (Wildman–Crippen LogP) is 3.51. The van der Waals surface area contributed by atoms with Gasteiger partial charge in [0.1, 0.15) is 0 Å². The van der Waals surface area contributed by atoms with Gasteiger partial charge in [0.25, 0.3) is 5.92 Å². The predicted molar refractivity (Wildman–Crippen MR) is 64.7 cm³/mol. The van der Waals surface area contributed by atoms with E-state index in [-0.39, 0.29) is 11.1 Å². The molecule has 0 radical (unpaired) electrons. The fourth-order valence-corrected chi connectivity index (χ4v) is 1.86. The lowest BCUT2D eigenvalue weighted by Crippen LogP contribution is -2.16. The molecule has 1 aromatic rings. The van der Waals surface area contributed by atoms with E-state index in [1.165, 1.54) is 18.2 Å². The van der Waals surface area contributed by atoms with Crippen LogP contribution in [0, 0.1) is 0 Å². The highest BCUT2D eigenvalue weighted by Gasteiger charge is 2.35. The minimum atomic E-state index is -2.91. The SMILES string of the molecule is NCc1ccc(C(F)(F)C2=CCCC=C2)cc1. The summed E-state index contributed by atoms with van der Waals surface area (Å²) in [6, 6.07) is 6.20. The maximum absolute atomic E-state index is 14.1. The van der Waals surface area contributed by atoms with Crippen molar-refractivity contribution in [3.63, 3.8) is 0 Å². The van der Waals surface area contributed by atoms with E-state index in [4.69, 9.17) is 5.73 Å². The molecule has 2 rings (SSSR count). The molecule has 1 aliphatic carbocycles. The van der Waals surface area contributed by atoms with E-state index in [1.54, 1.807) is 24.3 Å². The highest BCUT2D eigenvalue weighted by molar-refractivity contribution is 5.38. The van der Waals surface area contributed by atoms with E-state index in [1.807, 2.05) is 0 Å². The summed E-state index contributed by atoms with van der Waals surface area (Å²) < 4.78 is 28.3. The van der Waals surface area contributed by atoms with E-state index in [9.17, 15) is 8.78 Å². The number of halogens is 2. The molecule has 3 heteroatoms. The van der Waals surface area contributed by atoms with Crippen LogP contribution in [-0.4, -0.2) is 0 Å². The average Bonchev–Trinajstić information content (AvgIpc) is 2.40. The number of rotatable bonds is 3. The normalized spacial score (nSPS) is 15.8. The Bertz CT molecular complexity index is 444. The van der Waals surface area contributed by atoms with Crippen LogP contribution in [0.4, 0.5) is 8.78 Å². The maximum atomic E-state index is 14.1. The van der Waals surface area contributed by atoms with Gasteiger partial charge in [-0.15, -0.1) is 0 Å². The van der Waals surface area contributed by atoms with Crippen LogP contribution in [0.1, 0.15) is 24.0 Å². The second-order valence-corrected chi connectivity index (χ2v) is 4.11. The van der Waals surface area contributed by atoms with Gasteiger partial charge < -0.3 is 5.73 Å². The molecule has 0 amide bonds. The molecule has 0 saturated heterocycles. The summed E-state index contributed by atoms with van der Waals surface area (Å²) in [5, 5.41) is 0. The molecule has 1 nitrogen and oxygen atoms in total. The first kappa shape index (κ1) is 12.0. The summed E-state index contributed by atoms with van der Waals surface area (Å²) >= 11 is 0. The van der Waals surface area contributed by atoms with Crippen LogP contribution in [0.25, 0.3) is 0 Å². The van der Waals surface area contributed by atoms with Gasteiger partial charge >= 0.3 is 0 Å². The number of hydrogen-bond acceptors (Lipinski definition) is 1. The van der Waals surface area contributed by atoms with Crippen molar-refractivity contribution in [2.45, 2.75) is 25.3 Å². The third-order valence-corrected chi connectivity index (χ3v) is 2.91. The third kappa shape index (κ3) is 2.44. The Balaban J connectivity index is 2.30. The molecule has 0 fully saturated rings. The van der Waals surface area contributed by atoms with Crippen molar-refractivity contribution in [2.24, 2.45) is 5.73 Å². The van der Waals surface area contributed by atoms with Crippen LogP contribution in [0.2, 0.25) is 0 Å². The fraction of sp³-hybridized carbons (Fsp3) is 0.286. The molecular weight excluding hydrogens is 220 g/mol. The van der Waals surface area contributed by atoms with Crippen LogP contribution >= 0.6 is 0 Å². The third-order valence-electron chi connectivity index (χ3n) is 2.91. The van der Waals surface area contributed by atoms with Gasteiger partial charge in [0, 0.05) is 17.7 Å². The zero-order valence-electron chi connectivity index (χ0n) is 9.50. The van der Waals surface area contributed by atoms with E-state index in [0.717, 1.165) is 12.0 Å². The fourth-order valence-electron chi connectivity index (χ4n) is 1.86. The van der Waals surface area contributed by atoms with Gasteiger partial charge in [-0.25, -0.2) is 0 Å². The van der Waals surface area contributed by atoms with Crippen molar-refractivity contribution >= 4 is 0 Å². The minimum absolute atomic E-state index is 0.0208. The Morgan fingerprint density at radius 2 is 1.82 bits per heavy atom. The van der Waals surface area contributed by atoms with E-state index < -0.39 is 5.92 Å². The number of hydrogen-bond donors (Lipinski definition) is 1. The largest absolute Gasteiger partial charge is 0.326 e. The van der Waals surface area contributed by atoms with Crippen molar-refractivity contribution in [1.29, 1.82) is 0 Å². The van der Waals surface area contributed by atoms with Crippen molar-refractivity contribution < 1.29 is 8.78 Å². The van der Waals surface area contributed by atoms with Gasteiger partial charge in [-0.3, -0.25) is 0 Å². The first-order valence-corrected chi connectivity index (χ1v) is 5.69. The van der Waals surface area contributed by atoms with Crippen molar-refractivity contribution in [1.82, 2.24) is 0 Å². The minimum Gasteiger partial charge on any atom is -0.326 e. The Kier molecular flexibility index (Phi) is 3.38. The van der Waals surface area contributed by atoms with Crippen molar-refractivity contribution in [2.75, 3.05) is 0 Å². The summed E-state index contributed by atoms with van der Waals surface area (Å²) in [6.07, 6.45) is 6.43. The first-order chi connectivity index (χ1) is 8.14. The second kappa shape index (κ2) is 4.80. The number of allylic oxidation sites excluding steroid dienone is 4. The lowest BCUT2D eigenvalue weighted by Gasteiger charge is -2.20. The molecule has 0 unspecified atom stereocenters. The van der Waals surface area contributed by atoms with Crippen LogP contribution < -0.4 is 5.73 Å². The zero-order valence-corrected chi connectivity index (χ0v) is 9.50. The lowest BCUT2D eigenvalue weighted by molar-refractivity contribution is 0.0413. The van der Waals surface area contributed by atoms with Crippen LogP contribution in [0.3, 0.4) is 0 Å². The lowest BCUT2D eigenvalue weighted by atomic mass is 9.95. The topological polar surface area (TPSA) is 26.0 Å². The average molecular weight is 235 g/mol. The highest BCUT2D eigenvalue weighted by Crippen LogP contribution is 2.38. The molecular formula is C14H15F2N. The van der Waals surface area contributed by atoms with Crippen molar-refractivity contribution in [3.05, 3.63) is 59.2 Å². The van der Waals surface area contributed by atoms with Gasteiger partial charge in [0.15, 0.2) is 0 Å². The highest BCUT2D eigenvalue weighted by atomic mass is 19.3. The number of benzene rings is 1. The smallest absolute Gasteiger partial charge is 0.298 e. The van der Waals surface area contributed by atoms with Gasteiger partial charge in [-0.05, 0) is 18.4 Å². The molecule has 90 valence electrons. The Morgan fingerprint density at radius 3 is 2.35 bits per heavy atom. The van der Waals surface area contributed by atoms with Gasteiger partial charge in [0.2, 0.25) is 0 Å².